The molecule has 2 heterocycles. The van der Waals surface area contributed by atoms with E-state index in [1.54, 1.807) is 0 Å². The van der Waals surface area contributed by atoms with Crippen LogP contribution in [0.3, 0.4) is 0 Å². The number of alkyl halides is 2. The summed E-state index contributed by atoms with van der Waals surface area (Å²) in [5, 5.41) is 6.00. The molecule has 2 saturated heterocycles. The fourth-order valence-electron chi connectivity index (χ4n) is 5.64. The summed E-state index contributed by atoms with van der Waals surface area (Å²) < 4.78 is 33.4. The van der Waals surface area contributed by atoms with Gasteiger partial charge in [0.2, 0.25) is 17.7 Å². The van der Waals surface area contributed by atoms with E-state index in [4.69, 9.17) is 4.74 Å². The molecule has 4 atom stereocenters. The van der Waals surface area contributed by atoms with E-state index in [2.05, 4.69) is 15.5 Å². The summed E-state index contributed by atoms with van der Waals surface area (Å²) in [7, 11) is 0. The summed E-state index contributed by atoms with van der Waals surface area (Å²) in [5.74, 6) is -2.34. The Hall–Kier alpha value is -1.28. The van der Waals surface area contributed by atoms with Crippen LogP contribution in [-0.2, 0) is 14.3 Å². The number of fused-ring (bicyclic) bond motifs is 1. The van der Waals surface area contributed by atoms with Crippen molar-refractivity contribution in [3.63, 3.8) is 0 Å². The van der Waals surface area contributed by atoms with Gasteiger partial charge in [-0.1, -0.05) is 0 Å². The molecule has 0 spiro atoms. The molecule has 4 fully saturated rings. The number of amides is 2. The van der Waals surface area contributed by atoms with E-state index in [1.807, 2.05) is 13.8 Å². The largest absolute Gasteiger partial charge is 0.376 e. The molecule has 170 valence electrons. The number of hydrogen-bond acceptors (Lipinski definition) is 4. The summed E-state index contributed by atoms with van der Waals surface area (Å²) in [6, 6.07) is 0.607. The zero-order valence-electron chi connectivity index (χ0n) is 18.0. The summed E-state index contributed by atoms with van der Waals surface area (Å²) in [4.78, 5) is 27.2. The van der Waals surface area contributed by atoms with E-state index in [9.17, 15) is 18.4 Å². The minimum Gasteiger partial charge on any atom is -0.376 e. The van der Waals surface area contributed by atoms with Crippen molar-refractivity contribution < 1.29 is 23.1 Å². The Bertz CT molecular complexity index is 646. The van der Waals surface area contributed by atoms with Crippen LogP contribution in [-0.4, -0.2) is 66.1 Å². The maximum atomic E-state index is 13.7. The molecule has 8 heteroatoms. The second-order valence-electron chi connectivity index (χ2n) is 10.0. The number of carbonyl (C=O) groups excluding carboxylic acids is 2. The Balaban J connectivity index is 1.44. The van der Waals surface area contributed by atoms with Crippen molar-refractivity contribution in [1.29, 1.82) is 0 Å². The van der Waals surface area contributed by atoms with E-state index in [-0.39, 0.29) is 67.1 Å². The van der Waals surface area contributed by atoms with E-state index >= 15 is 0 Å². The lowest BCUT2D eigenvalue weighted by atomic mass is 9.84. The van der Waals surface area contributed by atoms with Gasteiger partial charge in [0.1, 0.15) is 0 Å². The van der Waals surface area contributed by atoms with Gasteiger partial charge >= 0.3 is 0 Å². The van der Waals surface area contributed by atoms with Gasteiger partial charge in [-0.05, 0) is 45.4 Å². The maximum Gasteiger partial charge on any atom is 0.248 e. The van der Waals surface area contributed by atoms with Crippen LogP contribution in [0.4, 0.5) is 8.78 Å². The number of rotatable bonds is 7. The first-order chi connectivity index (χ1) is 14.2. The standard InChI is InChI=1S/C22H35F2N3O3/c1-13(2)25-20(29)10-18-21-14(9-19(28)26-15-3-4-15)11-27(17(21)12-30-18)16-5-7-22(23,24)8-6-16/h13-18,21H,3-12H2,1-2H3,(H,25,29)(H,26,28)/t14-,17-,18+,21-/m1/s1. The predicted molar refractivity (Wildman–Crippen MR) is 108 cm³/mol. The topological polar surface area (TPSA) is 70.7 Å². The van der Waals surface area contributed by atoms with Gasteiger partial charge in [-0.15, -0.1) is 0 Å². The van der Waals surface area contributed by atoms with E-state index in [0.29, 0.717) is 31.9 Å². The maximum absolute atomic E-state index is 13.7. The highest BCUT2D eigenvalue weighted by Gasteiger charge is 2.53. The van der Waals surface area contributed by atoms with Gasteiger partial charge < -0.3 is 15.4 Å². The molecular weight excluding hydrogens is 392 g/mol. The normalized spacial score (nSPS) is 34.2. The molecule has 4 aliphatic rings. The molecule has 2 aliphatic heterocycles. The van der Waals surface area contributed by atoms with Gasteiger partial charge in [0.05, 0.1) is 19.1 Å². The van der Waals surface area contributed by atoms with Crippen LogP contribution in [0.5, 0.6) is 0 Å². The third-order valence-electron chi connectivity index (χ3n) is 7.15. The molecule has 0 unspecified atom stereocenters. The second-order valence-corrected chi connectivity index (χ2v) is 10.0. The van der Waals surface area contributed by atoms with Crippen LogP contribution >= 0.6 is 0 Å². The Kier molecular flexibility index (Phi) is 6.35. The molecule has 4 rings (SSSR count). The van der Waals surface area contributed by atoms with Crippen molar-refractivity contribution in [3.05, 3.63) is 0 Å². The summed E-state index contributed by atoms with van der Waals surface area (Å²) >= 11 is 0. The quantitative estimate of drug-likeness (QED) is 0.655. The first kappa shape index (κ1) is 21.9. The van der Waals surface area contributed by atoms with Crippen LogP contribution in [0.1, 0.15) is 65.2 Å². The van der Waals surface area contributed by atoms with Gasteiger partial charge in [0, 0.05) is 55.9 Å². The third kappa shape index (κ3) is 5.13. The monoisotopic (exact) mass is 427 g/mol. The van der Waals surface area contributed by atoms with Gasteiger partial charge in [-0.2, -0.15) is 0 Å². The van der Waals surface area contributed by atoms with E-state index < -0.39 is 5.92 Å². The van der Waals surface area contributed by atoms with Crippen molar-refractivity contribution >= 4 is 11.8 Å². The molecule has 2 aliphatic carbocycles. The van der Waals surface area contributed by atoms with Crippen molar-refractivity contribution in [1.82, 2.24) is 15.5 Å². The summed E-state index contributed by atoms with van der Waals surface area (Å²) in [6.45, 7) is 5.10. The Morgan fingerprint density at radius 1 is 1.10 bits per heavy atom. The number of likely N-dealkylation sites (tertiary alicyclic amines) is 1. The minimum atomic E-state index is -2.55. The lowest BCUT2D eigenvalue weighted by Gasteiger charge is -2.37. The Morgan fingerprint density at radius 2 is 1.80 bits per heavy atom. The fourth-order valence-corrected chi connectivity index (χ4v) is 5.64. The van der Waals surface area contributed by atoms with Crippen LogP contribution in [0.15, 0.2) is 0 Å². The lowest BCUT2D eigenvalue weighted by molar-refractivity contribution is -0.124. The second kappa shape index (κ2) is 8.69. The highest BCUT2D eigenvalue weighted by atomic mass is 19.3. The Morgan fingerprint density at radius 3 is 2.43 bits per heavy atom. The minimum absolute atomic E-state index is 0.0346. The molecule has 0 radical (unpaired) electrons. The number of nitrogens with one attached hydrogen (secondary N) is 2. The lowest BCUT2D eigenvalue weighted by Crippen LogP contribution is -2.45. The molecule has 0 aromatic heterocycles. The van der Waals surface area contributed by atoms with Gasteiger partial charge in [0.25, 0.3) is 0 Å². The highest BCUT2D eigenvalue weighted by molar-refractivity contribution is 5.77. The molecule has 6 nitrogen and oxygen atoms in total. The van der Waals surface area contributed by atoms with Crippen molar-refractivity contribution in [2.45, 2.75) is 101 Å². The van der Waals surface area contributed by atoms with Gasteiger partial charge in [-0.25, -0.2) is 8.78 Å². The Labute approximate surface area is 177 Å². The summed E-state index contributed by atoms with van der Waals surface area (Å²) in [6.07, 6.45) is 3.41. The van der Waals surface area contributed by atoms with Crippen LogP contribution in [0, 0.1) is 11.8 Å². The average Bonchev–Trinajstić information content (AvgIpc) is 3.25. The van der Waals surface area contributed by atoms with E-state index in [1.165, 1.54) is 0 Å². The molecule has 0 bridgehead atoms. The molecule has 0 aromatic carbocycles. The fraction of sp³-hybridized carbons (Fsp3) is 0.909. The van der Waals surface area contributed by atoms with Crippen molar-refractivity contribution in [2.75, 3.05) is 13.2 Å². The first-order valence-corrected chi connectivity index (χ1v) is 11.6. The highest BCUT2D eigenvalue weighted by Crippen LogP contribution is 2.45. The van der Waals surface area contributed by atoms with Crippen molar-refractivity contribution in [3.8, 4) is 0 Å². The molecular formula is C22H35F2N3O3. The molecule has 0 aromatic rings. The van der Waals surface area contributed by atoms with Gasteiger partial charge in [-0.3, -0.25) is 14.5 Å². The van der Waals surface area contributed by atoms with Crippen LogP contribution < -0.4 is 10.6 Å². The molecule has 2 saturated carbocycles. The zero-order chi connectivity index (χ0) is 21.5. The average molecular weight is 428 g/mol. The molecule has 2 N–H and O–H groups in total. The molecule has 2 amide bonds. The third-order valence-corrected chi connectivity index (χ3v) is 7.15. The zero-order valence-corrected chi connectivity index (χ0v) is 18.0. The van der Waals surface area contributed by atoms with E-state index in [0.717, 1.165) is 19.4 Å². The molecule has 30 heavy (non-hydrogen) atoms. The SMILES string of the molecule is CC(C)NC(=O)C[C@@H]1OC[C@@H]2[C@H]1[C@H](CC(=O)NC1CC1)CN2C1CCC(F)(F)CC1. The predicted octanol–water partition coefficient (Wildman–Crippen LogP) is 2.46. The van der Waals surface area contributed by atoms with Gasteiger partial charge in [0.15, 0.2) is 0 Å². The number of ether oxygens (including phenoxy) is 1. The first-order valence-electron chi connectivity index (χ1n) is 11.6. The number of halogens is 2. The smallest absolute Gasteiger partial charge is 0.248 e. The number of nitrogens with zero attached hydrogens (tertiary/aromatic N) is 1. The van der Waals surface area contributed by atoms with Crippen LogP contribution in [0.2, 0.25) is 0 Å². The van der Waals surface area contributed by atoms with Crippen LogP contribution in [0.25, 0.3) is 0 Å². The summed E-state index contributed by atoms with van der Waals surface area (Å²) in [5.41, 5.74) is 0. The van der Waals surface area contributed by atoms with Crippen molar-refractivity contribution in [2.24, 2.45) is 11.8 Å². The number of carbonyl (C=O) groups is 2. The number of hydrogen-bond donors (Lipinski definition) is 2.